The number of phenolic OH excluding ortho intramolecular Hbond substituents is 1. The van der Waals surface area contributed by atoms with Crippen molar-refractivity contribution in [3.8, 4) is 5.75 Å². The fourth-order valence-electron chi connectivity index (χ4n) is 3.39. The van der Waals surface area contributed by atoms with Crippen molar-refractivity contribution < 1.29 is 9.90 Å². The van der Waals surface area contributed by atoms with Gasteiger partial charge in [0, 0.05) is 25.0 Å². The van der Waals surface area contributed by atoms with Gasteiger partial charge < -0.3 is 15.3 Å². The van der Waals surface area contributed by atoms with E-state index in [0.29, 0.717) is 12.5 Å². The van der Waals surface area contributed by atoms with Gasteiger partial charge in [-0.2, -0.15) is 0 Å². The maximum absolute atomic E-state index is 12.5. The highest BCUT2D eigenvalue weighted by Crippen LogP contribution is 2.40. The van der Waals surface area contributed by atoms with Crippen LogP contribution >= 0.6 is 0 Å². The van der Waals surface area contributed by atoms with Crippen molar-refractivity contribution >= 4 is 6.03 Å². The summed E-state index contributed by atoms with van der Waals surface area (Å²) in [4.78, 5) is 14.3. The zero-order valence-electron chi connectivity index (χ0n) is 12.9. The van der Waals surface area contributed by atoms with E-state index in [1.165, 1.54) is 11.1 Å². The molecule has 4 rings (SSSR count). The van der Waals surface area contributed by atoms with Gasteiger partial charge in [-0.1, -0.05) is 36.4 Å². The van der Waals surface area contributed by atoms with E-state index < -0.39 is 0 Å². The molecule has 1 aliphatic carbocycles. The van der Waals surface area contributed by atoms with Gasteiger partial charge in [-0.15, -0.1) is 0 Å². The Kier molecular flexibility index (Phi) is 3.45. The molecule has 2 atom stereocenters. The molecule has 0 radical (unpaired) electrons. The van der Waals surface area contributed by atoms with E-state index >= 15 is 0 Å². The summed E-state index contributed by atoms with van der Waals surface area (Å²) >= 11 is 0. The minimum Gasteiger partial charge on any atom is -0.508 e. The van der Waals surface area contributed by atoms with Gasteiger partial charge >= 0.3 is 6.03 Å². The van der Waals surface area contributed by atoms with Crippen molar-refractivity contribution in [1.29, 1.82) is 0 Å². The molecule has 0 bridgehead atoms. The van der Waals surface area contributed by atoms with Crippen LogP contribution in [0, 0.1) is 0 Å². The number of hydrogen-bond donors (Lipinski definition) is 2. The second-order valence-corrected chi connectivity index (χ2v) is 6.43. The van der Waals surface area contributed by atoms with Gasteiger partial charge in [-0.05, 0) is 41.7 Å². The van der Waals surface area contributed by atoms with E-state index in [4.69, 9.17) is 0 Å². The van der Waals surface area contributed by atoms with Crippen LogP contribution in [0.4, 0.5) is 4.79 Å². The van der Waals surface area contributed by atoms with Crippen molar-refractivity contribution in [2.45, 2.75) is 31.3 Å². The van der Waals surface area contributed by atoms with Crippen molar-refractivity contribution in [2.75, 3.05) is 6.54 Å². The normalized spacial score (nSPS) is 22.3. The number of urea groups is 1. The number of hydrogen-bond acceptors (Lipinski definition) is 2. The Morgan fingerprint density at radius 1 is 1.13 bits per heavy atom. The van der Waals surface area contributed by atoms with Crippen molar-refractivity contribution in [3.63, 3.8) is 0 Å². The average Bonchev–Trinajstić information content (AvgIpc) is 3.34. The molecule has 2 N–H and O–H groups in total. The molecule has 1 aliphatic heterocycles. The van der Waals surface area contributed by atoms with Gasteiger partial charge in [0.1, 0.15) is 5.75 Å². The van der Waals surface area contributed by atoms with Crippen molar-refractivity contribution in [1.82, 2.24) is 10.2 Å². The van der Waals surface area contributed by atoms with Gasteiger partial charge in [0.15, 0.2) is 0 Å². The average molecular weight is 308 g/mol. The Labute approximate surface area is 135 Å². The van der Waals surface area contributed by atoms with E-state index in [1.807, 2.05) is 29.2 Å². The number of nitrogens with one attached hydrogen (secondary N) is 1. The van der Waals surface area contributed by atoms with E-state index in [9.17, 15) is 9.90 Å². The Bertz CT molecular complexity index is 729. The topological polar surface area (TPSA) is 52.6 Å². The third-order valence-corrected chi connectivity index (χ3v) is 4.82. The Hall–Kier alpha value is -2.49. The number of benzene rings is 2. The van der Waals surface area contributed by atoms with Gasteiger partial charge in [-0.25, -0.2) is 4.79 Å². The van der Waals surface area contributed by atoms with Gasteiger partial charge in [0.05, 0.1) is 0 Å². The predicted octanol–water partition coefficient (Wildman–Crippen LogP) is 3.02. The minimum absolute atomic E-state index is 0.00224. The molecule has 0 saturated heterocycles. The number of amides is 2. The number of carbonyl (C=O) groups is 1. The summed E-state index contributed by atoms with van der Waals surface area (Å²) in [5.41, 5.74) is 3.56. The lowest BCUT2D eigenvalue weighted by Gasteiger charge is -2.29. The number of aromatic hydroxyl groups is 1. The third kappa shape index (κ3) is 2.89. The van der Waals surface area contributed by atoms with Crippen LogP contribution in [0.2, 0.25) is 0 Å². The molecule has 2 aromatic rings. The first-order valence-corrected chi connectivity index (χ1v) is 8.12. The molecular formula is C19H20N2O2. The largest absolute Gasteiger partial charge is 0.508 e. The fraction of sp³-hybridized carbons (Fsp3) is 0.316. The molecule has 4 heteroatoms. The number of fused-ring (bicyclic) bond motifs is 1. The summed E-state index contributed by atoms with van der Waals surface area (Å²) in [5, 5.41) is 12.8. The van der Waals surface area contributed by atoms with E-state index in [-0.39, 0.29) is 17.8 Å². The zero-order valence-corrected chi connectivity index (χ0v) is 12.9. The first-order valence-electron chi connectivity index (χ1n) is 8.12. The van der Waals surface area contributed by atoms with E-state index in [0.717, 1.165) is 24.9 Å². The molecule has 0 aromatic heterocycles. The summed E-state index contributed by atoms with van der Waals surface area (Å²) in [6, 6.07) is 16.0. The third-order valence-electron chi connectivity index (χ3n) is 4.82. The predicted molar refractivity (Wildman–Crippen MR) is 88.3 cm³/mol. The molecule has 2 amide bonds. The van der Waals surface area contributed by atoms with Crippen LogP contribution in [0.15, 0.2) is 48.5 Å². The van der Waals surface area contributed by atoms with E-state index in [1.54, 1.807) is 12.1 Å². The number of carbonyl (C=O) groups excluding carboxylic acids is 1. The highest BCUT2D eigenvalue weighted by molar-refractivity contribution is 5.75. The Morgan fingerprint density at radius 3 is 2.78 bits per heavy atom. The second-order valence-electron chi connectivity index (χ2n) is 6.43. The smallest absolute Gasteiger partial charge is 0.317 e. The lowest BCUT2D eigenvalue weighted by atomic mass is 10.00. The molecule has 118 valence electrons. The van der Waals surface area contributed by atoms with Gasteiger partial charge in [0.25, 0.3) is 0 Å². The second kappa shape index (κ2) is 5.61. The molecule has 2 aliphatic rings. The highest BCUT2D eigenvalue weighted by Gasteiger charge is 2.40. The van der Waals surface area contributed by atoms with Crippen LogP contribution in [0.1, 0.15) is 29.0 Å². The zero-order chi connectivity index (χ0) is 15.8. The van der Waals surface area contributed by atoms with E-state index in [2.05, 4.69) is 17.4 Å². The number of nitrogens with zero attached hydrogens (tertiary/aromatic N) is 1. The van der Waals surface area contributed by atoms with Crippen LogP contribution in [-0.2, 0) is 13.0 Å². The maximum atomic E-state index is 12.5. The molecule has 23 heavy (non-hydrogen) atoms. The molecule has 4 nitrogen and oxygen atoms in total. The lowest BCUT2D eigenvalue weighted by Crippen LogP contribution is -2.43. The summed E-state index contributed by atoms with van der Waals surface area (Å²) in [7, 11) is 0. The summed E-state index contributed by atoms with van der Waals surface area (Å²) < 4.78 is 0. The number of phenols is 1. The van der Waals surface area contributed by atoms with Crippen molar-refractivity contribution in [3.05, 3.63) is 65.2 Å². The van der Waals surface area contributed by atoms with Gasteiger partial charge in [-0.3, -0.25) is 0 Å². The lowest BCUT2D eigenvalue weighted by molar-refractivity contribution is 0.191. The SMILES string of the molecule is O=C(N[C@@H]1C[C@@H]1c1ccccc1)N1CCc2ccc(O)cc2C1. The van der Waals surface area contributed by atoms with Crippen LogP contribution in [0.25, 0.3) is 0 Å². The molecule has 2 aromatic carbocycles. The standard InChI is InChI=1S/C19H20N2O2/c22-16-7-6-13-8-9-21(12-15(13)10-16)19(23)20-18-11-17(18)14-4-2-1-3-5-14/h1-7,10,17-18,22H,8-9,11-12H2,(H,20,23)/t17-,18-/m1/s1. The highest BCUT2D eigenvalue weighted by atomic mass is 16.3. The van der Waals surface area contributed by atoms with Crippen LogP contribution in [-0.4, -0.2) is 28.6 Å². The quantitative estimate of drug-likeness (QED) is 0.896. The fourth-order valence-corrected chi connectivity index (χ4v) is 3.39. The van der Waals surface area contributed by atoms with Crippen LogP contribution in [0.3, 0.4) is 0 Å². The molecular weight excluding hydrogens is 288 g/mol. The maximum Gasteiger partial charge on any atom is 0.317 e. The first kappa shape index (κ1) is 14.1. The van der Waals surface area contributed by atoms with Crippen molar-refractivity contribution in [2.24, 2.45) is 0 Å². The van der Waals surface area contributed by atoms with Crippen LogP contribution in [0.5, 0.6) is 5.75 Å². The van der Waals surface area contributed by atoms with Crippen LogP contribution < -0.4 is 5.32 Å². The Morgan fingerprint density at radius 2 is 1.96 bits per heavy atom. The molecule has 0 spiro atoms. The molecule has 0 unspecified atom stereocenters. The molecule has 1 heterocycles. The monoisotopic (exact) mass is 308 g/mol. The summed E-state index contributed by atoms with van der Waals surface area (Å²) in [6.45, 7) is 1.30. The van der Waals surface area contributed by atoms with Gasteiger partial charge in [0.2, 0.25) is 0 Å². The molecule has 1 fully saturated rings. The first-order chi connectivity index (χ1) is 11.2. The minimum atomic E-state index is 0.00224. The molecule has 1 saturated carbocycles. The summed E-state index contributed by atoms with van der Waals surface area (Å²) in [5.74, 6) is 0.707. The Balaban J connectivity index is 1.38. The number of rotatable bonds is 2. The summed E-state index contributed by atoms with van der Waals surface area (Å²) in [6.07, 6.45) is 1.86.